The van der Waals surface area contributed by atoms with Crippen LogP contribution in [0.5, 0.6) is 0 Å². The van der Waals surface area contributed by atoms with Crippen molar-refractivity contribution in [2.45, 2.75) is 156 Å². The summed E-state index contributed by atoms with van der Waals surface area (Å²) in [5, 5.41) is 16.3. The van der Waals surface area contributed by atoms with E-state index in [0.29, 0.717) is 11.5 Å². The molecule has 0 bridgehead atoms. The van der Waals surface area contributed by atoms with E-state index < -0.39 is 0 Å². The number of hydrogen-bond acceptors (Lipinski definition) is 5. The maximum atomic E-state index is 12.5. The van der Waals surface area contributed by atoms with Gasteiger partial charge in [0.1, 0.15) is 6.79 Å². The average molecular weight is 663 g/mol. The first-order chi connectivity index (χ1) is 23.0. The van der Waals surface area contributed by atoms with Gasteiger partial charge in [-0.25, -0.2) is 0 Å². The fourth-order valence-corrected chi connectivity index (χ4v) is 10.8. The van der Waals surface area contributed by atoms with Crippen molar-refractivity contribution in [1.29, 1.82) is 0 Å². The van der Waals surface area contributed by atoms with Gasteiger partial charge in [-0.2, -0.15) is 0 Å². The maximum Gasteiger partial charge on any atom is 0.220 e. The number of nitrogens with one attached hydrogen (secondary N) is 2. The Balaban J connectivity index is 0.000000223. The van der Waals surface area contributed by atoms with E-state index in [1.807, 2.05) is 13.7 Å². The molecule has 0 heterocycles. The van der Waals surface area contributed by atoms with Gasteiger partial charge in [0, 0.05) is 23.1 Å². The molecular formula is C42H66N2O4. The largest absolute Gasteiger partial charge is 0.504 e. The van der Waals surface area contributed by atoms with Crippen molar-refractivity contribution < 1.29 is 19.5 Å². The fraction of sp³-hybridized carbons (Fsp3) is 0.738. The Morgan fingerprint density at radius 2 is 1.46 bits per heavy atom. The van der Waals surface area contributed by atoms with E-state index in [2.05, 4.69) is 57.5 Å². The highest BCUT2D eigenvalue weighted by molar-refractivity contribution is 6.06. The van der Waals surface area contributed by atoms with Gasteiger partial charge in [-0.1, -0.05) is 90.4 Å². The molecule has 0 radical (unpaired) electrons. The molecule has 0 spiro atoms. The van der Waals surface area contributed by atoms with Gasteiger partial charge in [-0.05, 0) is 124 Å². The summed E-state index contributed by atoms with van der Waals surface area (Å²) < 4.78 is 0. The molecule has 7 rings (SSSR count). The summed E-state index contributed by atoms with van der Waals surface area (Å²) in [4.78, 5) is 30.4. The minimum atomic E-state index is -0.221. The smallest absolute Gasteiger partial charge is 0.220 e. The van der Waals surface area contributed by atoms with Crippen molar-refractivity contribution in [3.8, 4) is 0 Å². The van der Waals surface area contributed by atoms with Gasteiger partial charge in [-0.3, -0.25) is 9.59 Å². The Hall–Kier alpha value is -2.47. The van der Waals surface area contributed by atoms with E-state index in [9.17, 15) is 14.7 Å². The number of hydrogen-bond donors (Lipinski definition) is 3. The third kappa shape index (κ3) is 7.79. The molecule has 7 aliphatic carbocycles. The quantitative estimate of drug-likeness (QED) is 0.262. The summed E-state index contributed by atoms with van der Waals surface area (Å²) in [7, 11) is 2.07. The number of rotatable bonds is 3. The SMILES string of the molecule is C=O.CC1=C(O)C(=O)C=C2C1=CC=C1C2(C)CCC2C3CC(C)CCC3(C)CCC12C.CNC1CCCCC1.O=CNC1CCCCC1. The van der Waals surface area contributed by atoms with E-state index in [0.717, 1.165) is 53.3 Å². The molecule has 0 saturated heterocycles. The summed E-state index contributed by atoms with van der Waals surface area (Å²) in [5.74, 6) is 2.13. The van der Waals surface area contributed by atoms with Gasteiger partial charge in [0.2, 0.25) is 12.2 Å². The molecule has 0 aromatic heterocycles. The van der Waals surface area contributed by atoms with E-state index in [-0.39, 0.29) is 22.4 Å². The lowest BCUT2D eigenvalue weighted by molar-refractivity contribution is -0.114. The molecule has 6 unspecified atom stereocenters. The van der Waals surface area contributed by atoms with Crippen molar-refractivity contribution in [3.63, 3.8) is 0 Å². The Morgan fingerprint density at radius 1 is 0.833 bits per heavy atom. The van der Waals surface area contributed by atoms with Crippen molar-refractivity contribution in [1.82, 2.24) is 10.6 Å². The highest BCUT2D eigenvalue weighted by Crippen LogP contribution is 2.69. The van der Waals surface area contributed by atoms with Gasteiger partial charge < -0.3 is 20.5 Å². The van der Waals surface area contributed by atoms with Gasteiger partial charge in [0.25, 0.3) is 0 Å². The molecule has 48 heavy (non-hydrogen) atoms. The minimum Gasteiger partial charge on any atom is -0.504 e. The number of carbonyl (C=O) groups is 3. The molecule has 6 heteroatoms. The zero-order valence-electron chi connectivity index (χ0n) is 31.1. The van der Waals surface area contributed by atoms with Gasteiger partial charge in [0.05, 0.1) is 0 Å². The molecule has 5 saturated carbocycles. The van der Waals surface area contributed by atoms with Crippen molar-refractivity contribution >= 4 is 19.0 Å². The lowest BCUT2D eigenvalue weighted by Gasteiger charge is -2.64. The number of allylic oxidation sites excluding steroid dienone is 7. The second kappa shape index (κ2) is 16.5. The highest BCUT2D eigenvalue weighted by atomic mass is 16.3. The number of aliphatic hydroxyl groups excluding tert-OH is 1. The average Bonchev–Trinajstić information content (AvgIpc) is 3.10. The predicted octanol–water partition coefficient (Wildman–Crippen LogP) is 9.27. The number of fused-ring (bicyclic) bond motifs is 7. The first-order valence-electron chi connectivity index (χ1n) is 19.2. The van der Waals surface area contributed by atoms with Crippen molar-refractivity contribution in [2.75, 3.05) is 7.05 Å². The van der Waals surface area contributed by atoms with Crippen molar-refractivity contribution in [3.05, 3.63) is 46.3 Å². The van der Waals surface area contributed by atoms with E-state index in [1.54, 1.807) is 11.6 Å². The van der Waals surface area contributed by atoms with Crippen LogP contribution < -0.4 is 10.6 Å². The number of ketones is 1. The van der Waals surface area contributed by atoms with E-state index >= 15 is 0 Å². The fourth-order valence-electron chi connectivity index (χ4n) is 10.8. The standard InChI is InChI=1S/C27H36O2.C7H13NO.C7H15N.CH2O/c1-16-8-10-25(3)12-13-27(5)19(21(25)14-16)9-11-26(4)20-15-22(28)24(29)17(2)18(20)6-7-23(26)27;9-6-8-7-4-2-1-3-5-7;1-8-7-5-3-2-4-6-7;1-2/h6-7,15-16,19,21,29H,8-14H2,1-5H3;6-7H,1-5H2,(H,8,9);7-8H,2-6H2,1H3;1H2. The van der Waals surface area contributed by atoms with Crippen LogP contribution >= 0.6 is 0 Å². The highest BCUT2D eigenvalue weighted by Gasteiger charge is 2.60. The predicted molar refractivity (Wildman–Crippen MR) is 196 cm³/mol. The Morgan fingerprint density at radius 3 is 2.04 bits per heavy atom. The molecule has 6 nitrogen and oxygen atoms in total. The molecule has 7 aliphatic rings. The second-order valence-electron chi connectivity index (χ2n) is 16.8. The molecule has 6 atom stereocenters. The van der Waals surface area contributed by atoms with Crippen LogP contribution in [-0.2, 0) is 14.4 Å². The molecule has 0 aromatic carbocycles. The monoisotopic (exact) mass is 663 g/mol. The zero-order chi connectivity index (χ0) is 35.1. The summed E-state index contributed by atoms with van der Waals surface area (Å²) in [6.07, 6.45) is 29.7. The summed E-state index contributed by atoms with van der Waals surface area (Å²) in [6.45, 7) is 13.8. The molecule has 1 amide bonds. The van der Waals surface area contributed by atoms with Crippen LogP contribution in [0, 0.1) is 34.0 Å². The van der Waals surface area contributed by atoms with Crippen LogP contribution in [0.25, 0.3) is 0 Å². The first-order valence-corrected chi connectivity index (χ1v) is 19.2. The first kappa shape index (κ1) is 38.3. The van der Waals surface area contributed by atoms with Crippen molar-refractivity contribution in [2.24, 2.45) is 34.0 Å². The summed E-state index contributed by atoms with van der Waals surface area (Å²) in [6, 6.07) is 1.32. The maximum absolute atomic E-state index is 12.5. The Kier molecular flexibility index (Phi) is 13.2. The van der Waals surface area contributed by atoms with Crippen LogP contribution in [0.1, 0.15) is 144 Å². The normalized spacial score (nSPS) is 36.2. The minimum absolute atomic E-state index is 0.0787. The van der Waals surface area contributed by atoms with Crippen LogP contribution in [0.4, 0.5) is 0 Å². The van der Waals surface area contributed by atoms with Crippen LogP contribution in [0.2, 0.25) is 0 Å². The Labute approximate surface area is 291 Å². The van der Waals surface area contributed by atoms with Gasteiger partial charge >= 0.3 is 0 Å². The number of aliphatic hydroxyl groups is 1. The molecule has 5 fully saturated rings. The molecule has 3 N–H and O–H groups in total. The molecule has 268 valence electrons. The van der Waals surface area contributed by atoms with Crippen LogP contribution in [-0.4, -0.2) is 43.2 Å². The third-order valence-electron chi connectivity index (χ3n) is 13.9. The summed E-state index contributed by atoms with van der Waals surface area (Å²) >= 11 is 0. The second-order valence-corrected chi connectivity index (χ2v) is 16.8. The lowest BCUT2D eigenvalue weighted by Crippen LogP contribution is -2.55. The topological polar surface area (TPSA) is 95.5 Å². The number of amides is 1. The lowest BCUT2D eigenvalue weighted by atomic mass is 9.40. The third-order valence-corrected chi connectivity index (χ3v) is 13.9. The van der Waals surface area contributed by atoms with E-state index in [1.165, 1.54) is 103 Å². The summed E-state index contributed by atoms with van der Waals surface area (Å²) in [5.41, 5.74) is 5.18. The zero-order valence-corrected chi connectivity index (χ0v) is 31.1. The van der Waals surface area contributed by atoms with Gasteiger partial charge in [-0.15, -0.1) is 0 Å². The molecule has 0 aliphatic heterocycles. The molecular weight excluding hydrogens is 596 g/mol. The van der Waals surface area contributed by atoms with Gasteiger partial charge in [0.15, 0.2) is 5.76 Å². The van der Waals surface area contributed by atoms with Crippen LogP contribution in [0.3, 0.4) is 0 Å². The van der Waals surface area contributed by atoms with E-state index in [4.69, 9.17) is 4.79 Å². The number of carbonyl (C=O) groups excluding carboxylic acids is 3. The van der Waals surface area contributed by atoms with Crippen LogP contribution in [0.15, 0.2) is 46.3 Å². The molecule has 0 aromatic rings. The Bertz CT molecular complexity index is 1270.